The molecule has 0 fully saturated rings. The molecule has 254 valence electrons. The summed E-state index contributed by atoms with van der Waals surface area (Å²) in [5.41, 5.74) is 1.87. The molecule has 2 atom stereocenters. The van der Waals surface area contributed by atoms with Crippen LogP contribution in [0.2, 0.25) is 0 Å². The maximum atomic E-state index is 14.1. The summed E-state index contributed by atoms with van der Waals surface area (Å²) in [4.78, 5) is 43.0. The lowest BCUT2D eigenvalue weighted by Crippen LogP contribution is -2.44. The van der Waals surface area contributed by atoms with E-state index in [4.69, 9.17) is 9.47 Å². The lowest BCUT2D eigenvalue weighted by atomic mass is 9.83. The maximum absolute atomic E-state index is 14.1. The minimum absolute atomic E-state index is 0.0392. The molecule has 10 nitrogen and oxygen atoms in total. The Morgan fingerprint density at radius 1 is 0.918 bits per heavy atom. The number of aliphatic hydroxyl groups is 2. The smallest absolute Gasteiger partial charge is 0.264 e. The molecule has 0 aromatic heterocycles. The summed E-state index contributed by atoms with van der Waals surface area (Å²) in [6, 6.07) is 28.7. The van der Waals surface area contributed by atoms with Crippen LogP contribution in [0, 0.1) is 5.92 Å². The Morgan fingerprint density at radius 2 is 1.59 bits per heavy atom. The van der Waals surface area contributed by atoms with E-state index in [0.717, 1.165) is 11.1 Å². The quantitative estimate of drug-likeness (QED) is 0.156. The zero-order chi connectivity index (χ0) is 35.0. The summed E-state index contributed by atoms with van der Waals surface area (Å²) >= 11 is 0. The van der Waals surface area contributed by atoms with Crippen molar-refractivity contribution < 1.29 is 34.1 Å². The second-order valence-electron chi connectivity index (χ2n) is 11.9. The van der Waals surface area contributed by atoms with Crippen molar-refractivity contribution in [2.24, 2.45) is 5.92 Å². The van der Waals surface area contributed by atoms with E-state index in [1.165, 1.54) is 12.0 Å². The number of rotatable bonds is 14. The van der Waals surface area contributed by atoms with E-state index in [-0.39, 0.29) is 37.9 Å². The molecule has 5 rings (SSSR count). The van der Waals surface area contributed by atoms with Crippen LogP contribution in [0.5, 0.6) is 11.5 Å². The van der Waals surface area contributed by atoms with Crippen molar-refractivity contribution in [2.45, 2.75) is 32.0 Å². The van der Waals surface area contributed by atoms with Crippen molar-refractivity contribution in [1.29, 1.82) is 0 Å². The molecule has 0 unspecified atom stereocenters. The minimum atomic E-state index is -1.91. The van der Waals surface area contributed by atoms with Crippen LogP contribution in [0.25, 0.3) is 0 Å². The fourth-order valence-electron chi connectivity index (χ4n) is 5.89. The molecule has 0 saturated heterocycles. The maximum Gasteiger partial charge on any atom is 0.264 e. The molecule has 0 aliphatic carbocycles. The van der Waals surface area contributed by atoms with Crippen LogP contribution in [0.1, 0.15) is 40.4 Å². The molecular weight excluding hydrogens is 622 g/mol. The normalized spacial score (nSPS) is 15.9. The van der Waals surface area contributed by atoms with E-state index in [9.17, 15) is 24.6 Å². The van der Waals surface area contributed by atoms with Gasteiger partial charge in [-0.15, -0.1) is 0 Å². The van der Waals surface area contributed by atoms with E-state index in [0.29, 0.717) is 40.5 Å². The molecule has 10 heteroatoms. The van der Waals surface area contributed by atoms with Gasteiger partial charge in [0.25, 0.3) is 11.8 Å². The Hall–Kier alpha value is -5.45. The number of fused-ring (bicyclic) bond motifs is 1. The van der Waals surface area contributed by atoms with Gasteiger partial charge in [-0.1, -0.05) is 61.5 Å². The first kappa shape index (κ1) is 34.9. The number of anilines is 2. The van der Waals surface area contributed by atoms with Gasteiger partial charge in [-0.25, -0.2) is 0 Å². The molecular formula is C39H41N3O7. The molecule has 0 saturated carbocycles. The Balaban J connectivity index is 1.29. The van der Waals surface area contributed by atoms with Crippen molar-refractivity contribution in [3.8, 4) is 11.5 Å². The van der Waals surface area contributed by atoms with Gasteiger partial charge in [0.05, 0.1) is 33.1 Å². The molecule has 4 aromatic carbocycles. The van der Waals surface area contributed by atoms with Gasteiger partial charge in [0.15, 0.2) is 5.60 Å². The lowest BCUT2D eigenvalue weighted by molar-refractivity contribution is -0.139. The first-order valence-electron chi connectivity index (χ1n) is 16.0. The average molecular weight is 664 g/mol. The van der Waals surface area contributed by atoms with E-state index >= 15 is 0 Å². The third kappa shape index (κ3) is 7.83. The van der Waals surface area contributed by atoms with Gasteiger partial charge in [0, 0.05) is 42.2 Å². The summed E-state index contributed by atoms with van der Waals surface area (Å²) in [5, 5.41) is 24.5. The standard InChI is InChI=1S/C39H41N3O7/c1-27(8-7-11-36(44)41(22-23-43)25-28-9-5-4-6-10-28)39(47)34-24-33(49-3)20-21-35(34)42(38(39)46)26-29-12-16-31(17-13-29)40-37(45)30-14-18-32(48-2)19-15-30/h4-10,12-21,24,27,43,47H,11,22-23,25-26H2,1-3H3,(H,40,45)/b8-7+/t27-,39+/m1/s1. The van der Waals surface area contributed by atoms with Gasteiger partial charge < -0.3 is 34.8 Å². The number of nitrogens with one attached hydrogen (secondary N) is 1. The van der Waals surface area contributed by atoms with E-state index in [2.05, 4.69) is 5.32 Å². The second-order valence-corrected chi connectivity index (χ2v) is 11.9. The fourth-order valence-corrected chi connectivity index (χ4v) is 5.89. The fraction of sp³-hybridized carbons (Fsp3) is 0.256. The number of ether oxygens (including phenoxy) is 2. The monoisotopic (exact) mass is 663 g/mol. The Bertz CT molecular complexity index is 1790. The zero-order valence-electron chi connectivity index (χ0n) is 27.8. The average Bonchev–Trinajstić information content (AvgIpc) is 3.34. The lowest BCUT2D eigenvalue weighted by Gasteiger charge is -2.28. The zero-order valence-corrected chi connectivity index (χ0v) is 27.8. The molecule has 0 spiro atoms. The van der Waals surface area contributed by atoms with Gasteiger partial charge in [-0.05, 0) is 65.7 Å². The van der Waals surface area contributed by atoms with Gasteiger partial charge >= 0.3 is 0 Å². The topological polar surface area (TPSA) is 129 Å². The molecule has 0 radical (unpaired) electrons. The molecule has 1 heterocycles. The van der Waals surface area contributed by atoms with Crippen LogP contribution in [0.15, 0.2) is 109 Å². The first-order valence-corrected chi connectivity index (χ1v) is 16.0. The van der Waals surface area contributed by atoms with Crippen LogP contribution in [0.3, 0.4) is 0 Å². The Kier molecular flexibility index (Phi) is 11.1. The van der Waals surface area contributed by atoms with Crippen LogP contribution in [-0.2, 0) is 28.3 Å². The van der Waals surface area contributed by atoms with Gasteiger partial charge in [-0.3, -0.25) is 14.4 Å². The van der Waals surface area contributed by atoms with Crippen molar-refractivity contribution in [3.05, 3.63) is 131 Å². The first-order chi connectivity index (χ1) is 23.7. The van der Waals surface area contributed by atoms with Crippen molar-refractivity contribution >= 4 is 29.1 Å². The molecule has 0 bridgehead atoms. The summed E-state index contributed by atoms with van der Waals surface area (Å²) in [7, 11) is 3.08. The van der Waals surface area contributed by atoms with Crippen molar-refractivity contribution in [2.75, 3.05) is 37.6 Å². The van der Waals surface area contributed by atoms with Crippen LogP contribution < -0.4 is 19.7 Å². The second kappa shape index (κ2) is 15.6. The highest BCUT2D eigenvalue weighted by Gasteiger charge is 2.52. The number of methoxy groups -OCH3 is 2. The minimum Gasteiger partial charge on any atom is -0.497 e. The summed E-state index contributed by atoms with van der Waals surface area (Å²) in [6.07, 6.45) is 3.38. The van der Waals surface area contributed by atoms with Crippen molar-refractivity contribution in [3.63, 3.8) is 0 Å². The third-order valence-corrected chi connectivity index (χ3v) is 8.70. The number of aliphatic hydroxyl groups excluding tert-OH is 1. The number of hydrogen-bond acceptors (Lipinski definition) is 7. The van der Waals surface area contributed by atoms with E-state index in [1.807, 2.05) is 42.5 Å². The Morgan fingerprint density at radius 3 is 2.24 bits per heavy atom. The largest absolute Gasteiger partial charge is 0.497 e. The summed E-state index contributed by atoms with van der Waals surface area (Å²) < 4.78 is 10.6. The molecule has 3 N–H and O–H groups in total. The third-order valence-electron chi connectivity index (χ3n) is 8.70. The highest BCUT2D eigenvalue weighted by Crippen LogP contribution is 2.47. The Labute approximate surface area is 286 Å². The highest BCUT2D eigenvalue weighted by molar-refractivity contribution is 6.07. The number of carbonyl (C=O) groups excluding carboxylic acids is 3. The van der Waals surface area contributed by atoms with Gasteiger partial charge in [-0.2, -0.15) is 0 Å². The molecule has 1 aliphatic rings. The number of amides is 3. The van der Waals surface area contributed by atoms with Crippen LogP contribution in [-0.4, -0.2) is 60.2 Å². The molecule has 49 heavy (non-hydrogen) atoms. The predicted molar refractivity (Wildman–Crippen MR) is 187 cm³/mol. The van der Waals surface area contributed by atoms with E-state index < -0.39 is 17.4 Å². The van der Waals surface area contributed by atoms with Crippen molar-refractivity contribution in [1.82, 2.24) is 4.90 Å². The number of benzene rings is 4. The molecule has 3 amide bonds. The van der Waals surface area contributed by atoms with Crippen LogP contribution >= 0.6 is 0 Å². The predicted octanol–water partition coefficient (Wildman–Crippen LogP) is 5.29. The van der Waals surface area contributed by atoms with Crippen LogP contribution in [0.4, 0.5) is 11.4 Å². The number of hydrogen-bond donors (Lipinski definition) is 3. The summed E-state index contributed by atoms with van der Waals surface area (Å²) in [6.45, 7) is 2.31. The van der Waals surface area contributed by atoms with Gasteiger partial charge in [0.2, 0.25) is 5.91 Å². The summed E-state index contributed by atoms with van der Waals surface area (Å²) in [5.74, 6) is -0.486. The number of carbonyl (C=O) groups is 3. The number of nitrogens with zero attached hydrogens (tertiary/aromatic N) is 2. The molecule has 4 aromatic rings. The van der Waals surface area contributed by atoms with Gasteiger partial charge in [0.1, 0.15) is 11.5 Å². The van der Waals surface area contributed by atoms with E-state index in [1.54, 1.807) is 85.7 Å². The molecule has 1 aliphatic heterocycles. The highest BCUT2D eigenvalue weighted by atomic mass is 16.5. The SMILES string of the molecule is COc1ccc(C(=O)Nc2ccc(CN3C(=O)[C@](O)([C@H](C)/C=C/CC(=O)N(CCO)Cc4ccccc4)c4cc(OC)ccc43)cc2)cc1.